The Kier molecular flexibility index (Phi) is 8.39. The van der Waals surface area contributed by atoms with Crippen LogP contribution in [0.4, 0.5) is 28.8 Å². The van der Waals surface area contributed by atoms with E-state index < -0.39 is 15.9 Å². The topological polar surface area (TPSA) is 140 Å². The second-order valence-corrected chi connectivity index (χ2v) is 11.3. The van der Waals surface area contributed by atoms with Crippen LogP contribution in [-0.4, -0.2) is 49.7 Å². The minimum atomic E-state index is -3.49. The number of rotatable bonds is 9. The zero-order chi connectivity index (χ0) is 27.4. The van der Waals surface area contributed by atoms with Crippen LogP contribution in [0.5, 0.6) is 5.75 Å². The third kappa shape index (κ3) is 5.54. The van der Waals surface area contributed by atoms with Gasteiger partial charge in [0.2, 0.25) is 11.9 Å². The number of ether oxygens (including phenoxy) is 1. The number of carbonyl (C=O) groups is 1. The SMILES string of the molecule is CCCS(=O)(=O)c1ccccc1Nc1nc(Nc2ccc3c(c2OC)CCC(N)C(=O)N3CC)ncc1Cl. The van der Waals surface area contributed by atoms with Crippen molar-refractivity contribution >= 4 is 56.2 Å². The molecule has 0 fully saturated rings. The molecule has 0 saturated heterocycles. The number of amides is 1. The van der Waals surface area contributed by atoms with Gasteiger partial charge in [0.15, 0.2) is 15.7 Å². The number of aromatic nitrogens is 2. The lowest BCUT2D eigenvalue weighted by Gasteiger charge is -2.24. The van der Waals surface area contributed by atoms with Crippen molar-refractivity contribution in [3.63, 3.8) is 0 Å². The van der Waals surface area contributed by atoms with E-state index in [4.69, 9.17) is 22.1 Å². The van der Waals surface area contributed by atoms with Gasteiger partial charge in [0, 0.05) is 12.1 Å². The van der Waals surface area contributed by atoms with Gasteiger partial charge in [-0.25, -0.2) is 13.4 Å². The van der Waals surface area contributed by atoms with Crippen LogP contribution in [0, 0.1) is 0 Å². The van der Waals surface area contributed by atoms with Crippen molar-refractivity contribution in [1.82, 2.24) is 9.97 Å². The number of hydrogen-bond acceptors (Lipinski definition) is 9. The van der Waals surface area contributed by atoms with E-state index >= 15 is 0 Å². The number of nitrogens with zero attached hydrogens (tertiary/aromatic N) is 3. The number of nitrogens with one attached hydrogen (secondary N) is 2. The first-order chi connectivity index (χ1) is 18.2. The summed E-state index contributed by atoms with van der Waals surface area (Å²) in [6, 6.07) is 9.69. The fraction of sp³-hybridized carbons (Fsp3) is 0.346. The van der Waals surface area contributed by atoms with Crippen LogP contribution in [0.2, 0.25) is 5.02 Å². The highest BCUT2D eigenvalue weighted by Crippen LogP contribution is 2.40. The van der Waals surface area contributed by atoms with Gasteiger partial charge in [0.25, 0.3) is 0 Å². The van der Waals surface area contributed by atoms with Crippen molar-refractivity contribution in [3.05, 3.63) is 53.2 Å². The van der Waals surface area contributed by atoms with Gasteiger partial charge < -0.3 is 26.0 Å². The number of nitrogens with two attached hydrogens (primary N) is 1. The molecule has 2 heterocycles. The summed E-state index contributed by atoms with van der Waals surface area (Å²) in [5.41, 5.74) is 8.70. The van der Waals surface area contributed by atoms with Gasteiger partial charge in [-0.05, 0) is 50.5 Å². The molecule has 38 heavy (non-hydrogen) atoms. The maximum Gasteiger partial charge on any atom is 0.243 e. The summed E-state index contributed by atoms with van der Waals surface area (Å²) < 4.78 is 31.3. The van der Waals surface area contributed by atoms with Crippen LogP contribution in [0.25, 0.3) is 0 Å². The molecule has 1 aromatic heterocycles. The van der Waals surface area contributed by atoms with E-state index in [0.29, 0.717) is 42.9 Å². The summed E-state index contributed by atoms with van der Waals surface area (Å²) in [7, 11) is -1.92. The molecule has 0 saturated carbocycles. The molecule has 1 aliphatic heterocycles. The van der Waals surface area contributed by atoms with Gasteiger partial charge >= 0.3 is 0 Å². The summed E-state index contributed by atoms with van der Waals surface area (Å²) in [5, 5.41) is 6.44. The predicted octanol–water partition coefficient (Wildman–Crippen LogP) is 4.44. The largest absolute Gasteiger partial charge is 0.494 e. The molecule has 4 N–H and O–H groups in total. The van der Waals surface area contributed by atoms with Crippen LogP contribution in [0.3, 0.4) is 0 Å². The standard InChI is InChI=1S/C26H31ClN6O4S/c1-4-14-38(35,36)22-9-7-6-8-19(22)30-24-17(27)15-29-26(32-24)31-20-12-13-21-16(23(20)37-3)10-11-18(28)25(34)33(21)5-2/h6-9,12-13,15,18H,4-5,10-11,14,28H2,1-3H3,(H2,29,30,31,32). The van der Waals surface area contributed by atoms with Crippen molar-refractivity contribution in [2.75, 3.05) is 34.9 Å². The molecular weight excluding hydrogens is 528 g/mol. The monoisotopic (exact) mass is 558 g/mol. The zero-order valence-electron chi connectivity index (χ0n) is 21.5. The first-order valence-corrected chi connectivity index (χ1v) is 14.4. The Bertz CT molecular complexity index is 1450. The average Bonchev–Trinajstić information content (AvgIpc) is 3.02. The van der Waals surface area contributed by atoms with Gasteiger partial charge in [0.1, 0.15) is 10.8 Å². The van der Waals surface area contributed by atoms with Gasteiger partial charge in [-0.2, -0.15) is 4.98 Å². The van der Waals surface area contributed by atoms with E-state index in [1.165, 1.54) is 6.20 Å². The minimum Gasteiger partial charge on any atom is -0.494 e. The van der Waals surface area contributed by atoms with Crippen molar-refractivity contribution in [2.24, 2.45) is 5.73 Å². The molecule has 0 aliphatic carbocycles. The third-order valence-electron chi connectivity index (χ3n) is 6.27. The smallest absolute Gasteiger partial charge is 0.243 e. The summed E-state index contributed by atoms with van der Waals surface area (Å²) in [5.74, 6) is 0.933. The maximum absolute atomic E-state index is 12.8. The molecule has 0 radical (unpaired) electrons. The average molecular weight is 559 g/mol. The Balaban J connectivity index is 1.68. The number of halogens is 1. The Morgan fingerprint density at radius 2 is 1.92 bits per heavy atom. The number of anilines is 5. The molecule has 12 heteroatoms. The van der Waals surface area contributed by atoms with E-state index in [-0.39, 0.29) is 33.3 Å². The second kappa shape index (κ2) is 11.5. The van der Waals surface area contributed by atoms with E-state index in [1.807, 2.05) is 19.9 Å². The molecule has 1 atom stereocenters. The molecule has 202 valence electrons. The number of carbonyl (C=O) groups excluding carboxylic acids is 1. The van der Waals surface area contributed by atoms with Gasteiger partial charge in [-0.15, -0.1) is 0 Å². The normalized spacial score (nSPS) is 15.6. The third-order valence-corrected chi connectivity index (χ3v) is 8.52. The zero-order valence-corrected chi connectivity index (χ0v) is 23.1. The molecule has 10 nitrogen and oxygen atoms in total. The van der Waals surface area contributed by atoms with Crippen molar-refractivity contribution in [2.45, 2.75) is 44.0 Å². The Morgan fingerprint density at radius 3 is 2.63 bits per heavy atom. The molecule has 0 spiro atoms. The Hall–Kier alpha value is -3.41. The molecule has 1 aliphatic rings. The lowest BCUT2D eigenvalue weighted by atomic mass is 10.0. The lowest BCUT2D eigenvalue weighted by Crippen LogP contribution is -2.42. The molecule has 0 bridgehead atoms. The lowest BCUT2D eigenvalue weighted by molar-refractivity contribution is -0.119. The van der Waals surface area contributed by atoms with E-state index in [9.17, 15) is 13.2 Å². The molecule has 4 rings (SSSR count). The van der Waals surface area contributed by atoms with Crippen LogP contribution in [-0.2, 0) is 21.1 Å². The highest BCUT2D eigenvalue weighted by Gasteiger charge is 2.30. The van der Waals surface area contributed by atoms with Crippen molar-refractivity contribution in [3.8, 4) is 5.75 Å². The Labute approximate surface area is 227 Å². The summed E-state index contributed by atoms with van der Waals surface area (Å²) >= 11 is 6.37. The summed E-state index contributed by atoms with van der Waals surface area (Å²) in [6.45, 7) is 4.20. The molecule has 3 aromatic rings. The van der Waals surface area contributed by atoms with E-state index in [0.717, 1.165) is 11.3 Å². The number of sulfone groups is 1. The first-order valence-electron chi connectivity index (χ1n) is 12.3. The maximum atomic E-state index is 12.8. The van der Waals surface area contributed by atoms with Gasteiger partial charge in [-0.1, -0.05) is 30.7 Å². The molecular formula is C26H31ClN6O4S. The number of methoxy groups -OCH3 is 1. The molecule has 1 unspecified atom stereocenters. The van der Waals surface area contributed by atoms with Crippen LogP contribution >= 0.6 is 11.6 Å². The number of likely N-dealkylation sites (N-methyl/N-ethyl adjacent to an activating group) is 1. The molecule has 2 aromatic carbocycles. The first kappa shape index (κ1) is 27.6. The van der Waals surface area contributed by atoms with Crippen LogP contribution in [0.1, 0.15) is 32.3 Å². The fourth-order valence-electron chi connectivity index (χ4n) is 4.49. The van der Waals surface area contributed by atoms with Gasteiger partial charge in [0.05, 0.1) is 47.1 Å². The molecule has 1 amide bonds. The van der Waals surface area contributed by atoms with Gasteiger partial charge in [-0.3, -0.25) is 4.79 Å². The highest BCUT2D eigenvalue weighted by atomic mass is 35.5. The fourth-order valence-corrected chi connectivity index (χ4v) is 6.13. The predicted molar refractivity (Wildman–Crippen MR) is 150 cm³/mol. The number of fused-ring (bicyclic) bond motifs is 1. The number of para-hydroxylation sites is 1. The summed E-state index contributed by atoms with van der Waals surface area (Å²) in [6.07, 6.45) is 2.98. The number of hydrogen-bond donors (Lipinski definition) is 3. The van der Waals surface area contributed by atoms with Crippen LogP contribution < -0.4 is 26.0 Å². The summed E-state index contributed by atoms with van der Waals surface area (Å²) in [4.78, 5) is 23.3. The second-order valence-electron chi connectivity index (χ2n) is 8.83. The van der Waals surface area contributed by atoms with Crippen molar-refractivity contribution in [1.29, 1.82) is 0 Å². The van der Waals surface area contributed by atoms with E-state index in [2.05, 4.69) is 20.6 Å². The quantitative estimate of drug-likeness (QED) is 0.348. The van der Waals surface area contributed by atoms with E-state index in [1.54, 1.807) is 42.3 Å². The minimum absolute atomic E-state index is 0.0279. The number of benzene rings is 2. The van der Waals surface area contributed by atoms with Crippen LogP contribution in [0.15, 0.2) is 47.5 Å². The van der Waals surface area contributed by atoms with Crippen molar-refractivity contribution < 1.29 is 17.9 Å². The Morgan fingerprint density at radius 1 is 1.16 bits per heavy atom. The highest BCUT2D eigenvalue weighted by molar-refractivity contribution is 7.91.